The molecule has 1 heterocycles. The van der Waals surface area contributed by atoms with Crippen molar-refractivity contribution >= 4 is 21.6 Å². The molecule has 0 spiro atoms. The summed E-state index contributed by atoms with van der Waals surface area (Å²) in [6, 6.07) is 8.01. The van der Waals surface area contributed by atoms with Crippen molar-refractivity contribution in [2.24, 2.45) is 0 Å². The highest BCUT2D eigenvalue weighted by atomic mass is 79.9. The number of nitrogens with one attached hydrogen (secondary N) is 2. The molecule has 0 amide bonds. The third-order valence-corrected chi connectivity index (χ3v) is 3.27. The third kappa shape index (κ3) is 3.57. The Balaban J connectivity index is 2.00. The fourth-order valence-corrected chi connectivity index (χ4v) is 1.99. The summed E-state index contributed by atoms with van der Waals surface area (Å²) in [6.45, 7) is 3.10. The van der Waals surface area contributed by atoms with Crippen molar-refractivity contribution in [1.82, 2.24) is 9.55 Å². The van der Waals surface area contributed by atoms with Crippen LogP contribution >= 0.6 is 15.9 Å². The van der Waals surface area contributed by atoms with Crippen LogP contribution in [0.5, 0.6) is 0 Å². The summed E-state index contributed by atoms with van der Waals surface area (Å²) >= 11 is 3.10. The van der Waals surface area contributed by atoms with Crippen LogP contribution in [0.4, 0.5) is 5.69 Å². The van der Waals surface area contributed by atoms with E-state index in [1.807, 2.05) is 31.2 Å². The summed E-state index contributed by atoms with van der Waals surface area (Å²) in [5.74, 6) is 0. The molecule has 0 aliphatic rings. The molecule has 100 valence electrons. The fraction of sp³-hybridized carbons (Fsp3) is 0.231. The first-order valence-corrected chi connectivity index (χ1v) is 6.65. The van der Waals surface area contributed by atoms with Crippen molar-refractivity contribution in [3.8, 4) is 0 Å². The van der Waals surface area contributed by atoms with Gasteiger partial charge in [-0.05, 0) is 35.0 Å². The first-order chi connectivity index (χ1) is 9.06. The summed E-state index contributed by atoms with van der Waals surface area (Å²) in [5.41, 5.74) is 1.39. The molecule has 0 aliphatic heterocycles. The Morgan fingerprint density at radius 1 is 1.26 bits per heavy atom. The average molecular weight is 324 g/mol. The minimum absolute atomic E-state index is 0.349. The second-order valence-electron chi connectivity index (χ2n) is 4.22. The van der Waals surface area contributed by atoms with Gasteiger partial charge in [0.05, 0.1) is 4.47 Å². The first kappa shape index (κ1) is 13.6. The number of halogens is 1. The van der Waals surface area contributed by atoms with Crippen molar-refractivity contribution in [2.75, 3.05) is 11.9 Å². The normalized spacial score (nSPS) is 10.4. The van der Waals surface area contributed by atoms with Gasteiger partial charge in [-0.3, -0.25) is 14.3 Å². The van der Waals surface area contributed by atoms with E-state index < -0.39 is 11.2 Å². The predicted octanol–water partition coefficient (Wildman–Crippen LogP) is 1.72. The Morgan fingerprint density at radius 2 is 1.95 bits per heavy atom. The summed E-state index contributed by atoms with van der Waals surface area (Å²) in [5, 5.41) is 3.21. The highest BCUT2D eigenvalue weighted by Gasteiger charge is 2.01. The Kier molecular flexibility index (Phi) is 4.21. The largest absolute Gasteiger partial charge is 0.383 e. The molecule has 2 rings (SSSR count). The van der Waals surface area contributed by atoms with Crippen molar-refractivity contribution in [1.29, 1.82) is 0 Å². The lowest BCUT2D eigenvalue weighted by atomic mass is 10.2. The molecule has 0 saturated carbocycles. The van der Waals surface area contributed by atoms with Crippen LogP contribution in [0.1, 0.15) is 5.56 Å². The van der Waals surface area contributed by atoms with Crippen molar-refractivity contribution in [3.63, 3.8) is 0 Å². The number of nitrogens with zero attached hydrogens (tertiary/aromatic N) is 1. The lowest BCUT2D eigenvalue weighted by molar-refractivity contribution is 0.666. The van der Waals surface area contributed by atoms with Crippen LogP contribution < -0.4 is 16.6 Å². The van der Waals surface area contributed by atoms with Crippen LogP contribution in [0.15, 0.2) is 44.5 Å². The molecule has 0 saturated heterocycles. The molecule has 0 radical (unpaired) electrons. The van der Waals surface area contributed by atoms with E-state index in [0.717, 1.165) is 5.69 Å². The van der Waals surface area contributed by atoms with Gasteiger partial charge in [-0.1, -0.05) is 17.7 Å². The lowest BCUT2D eigenvalue weighted by Crippen LogP contribution is -2.31. The monoisotopic (exact) mass is 323 g/mol. The van der Waals surface area contributed by atoms with Crippen LogP contribution in [0.3, 0.4) is 0 Å². The molecule has 5 nitrogen and oxygen atoms in total. The SMILES string of the molecule is Cc1ccc(NCCn2cc(Br)c(=O)[nH]c2=O)cc1. The van der Waals surface area contributed by atoms with Gasteiger partial charge in [0.1, 0.15) is 0 Å². The van der Waals surface area contributed by atoms with Crippen molar-refractivity contribution < 1.29 is 0 Å². The number of H-pyrrole nitrogens is 1. The summed E-state index contributed by atoms with van der Waals surface area (Å²) in [7, 11) is 0. The van der Waals surface area contributed by atoms with Gasteiger partial charge in [0.25, 0.3) is 5.56 Å². The van der Waals surface area contributed by atoms with Gasteiger partial charge in [0, 0.05) is 25.0 Å². The van der Waals surface area contributed by atoms with Crippen LogP contribution in [0.25, 0.3) is 0 Å². The standard InChI is InChI=1S/C13H14BrN3O2/c1-9-2-4-10(5-3-9)15-6-7-17-8-11(14)12(18)16-13(17)19/h2-5,8,15H,6-7H2,1H3,(H,16,18,19). The quantitative estimate of drug-likeness (QED) is 0.900. The topological polar surface area (TPSA) is 66.9 Å². The Bertz CT molecular complexity index is 674. The van der Waals surface area contributed by atoms with Gasteiger partial charge >= 0.3 is 5.69 Å². The van der Waals surface area contributed by atoms with E-state index >= 15 is 0 Å². The summed E-state index contributed by atoms with van der Waals surface area (Å²) in [6.07, 6.45) is 1.50. The number of aromatic nitrogens is 2. The second kappa shape index (κ2) is 5.88. The van der Waals surface area contributed by atoms with Crippen LogP contribution in [-0.4, -0.2) is 16.1 Å². The minimum Gasteiger partial charge on any atom is -0.383 e. The van der Waals surface area contributed by atoms with E-state index in [2.05, 4.69) is 26.2 Å². The Morgan fingerprint density at radius 3 is 2.63 bits per heavy atom. The summed E-state index contributed by atoms with van der Waals surface area (Å²) in [4.78, 5) is 25.0. The zero-order chi connectivity index (χ0) is 13.8. The smallest absolute Gasteiger partial charge is 0.328 e. The number of rotatable bonds is 4. The maximum atomic E-state index is 11.5. The van der Waals surface area contributed by atoms with Gasteiger partial charge in [0.15, 0.2) is 0 Å². The summed E-state index contributed by atoms with van der Waals surface area (Å²) < 4.78 is 1.80. The molecule has 0 bridgehead atoms. The molecule has 0 fully saturated rings. The third-order valence-electron chi connectivity index (χ3n) is 2.70. The second-order valence-corrected chi connectivity index (χ2v) is 5.08. The first-order valence-electron chi connectivity index (χ1n) is 5.86. The number of hydrogen-bond acceptors (Lipinski definition) is 3. The number of hydrogen-bond donors (Lipinski definition) is 2. The number of aromatic amines is 1. The van der Waals surface area contributed by atoms with Crippen molar-refractivity contribution in [2.45, 2.75) is 13.5 Å². The maximum Gasteiger partial charge on any atom is 0.328 e. The van der Waals surface area contributed by atoms with Crippen LogP contribution in [-0.2, 0) is 6.54 Å². The molecule has 0 atom stereocenters. The van der Waals surface area contributed by atoms with Crippen molar-refractivity contribution in [3.05, 3.63) is 61.3 Å². The van der Waals surface area contributed by atoms with Crippen LogP contribution in [0.2, 0.25) is 0 Å². The zero-order valence-electron chi connectivity index (χ0n) is 10.4. The lowest BCUT2D eigenvalue weighted by Gasteiger charge is -2.08. The molecule has 19 heavy (non-hydrogen) atoms. The van der Waals surface area contributed by atoms with Gasteiger partial charge in [-0.15, -0.1) is 0 Å². The maximum absolute atomic E-state index is 11.5. The van der Waals surface area contributed by atoms with E-state index in [1.165, 1.54) is 16.3 Å². The fourth-order valence-electron chi connectivity index (χ4n) is 1.64. The van der Waals surface area contributed by atoms with E-state index in [0.29, 0.717) is 17.6 Å². The highest BCUT2D eigenvalue weighted by Crippen LogP contribution is 2.07. The molecular weight excluding hydrogens is 310 g/mol. The average Bonchev–Trinajstić information content (AvgIpc) is 2.38. The zero-order valence-corrected chi connectivity index (χ0v) is 12.0. The van der Waals surface area contributed by atoms with E-state index in [4.69, 9.17) is 0 Å². The molecule has 2 aromatic rings. The molecule has 1 aromatic heterocycles. The van der Waals surface area contributed by atoms with E-state index in [9.17, 15) is 9.59 Å². The molecule has 2 N–H and O–H groups in total. The van der Waals surface area contributed by atoms with E-state index in [1.54, 1.807) is 0 Å². The van der Waals surface area contributed by atoms with Gasteiger partial charge in [-0.2, -0.15) is 0 Å². The van der Waals surface area contributed by atoms with E-state index in [-0.39, 0.29) is 0 Å². The number of aryl methyl sites for hydroxylation is 1. The minimum atomic E-state index is -0.409. The number of anilines is 1. The molecule has 1 aromatic carbocycles. The molecule has 0 unspecified atom stereocenters. The Labute approximate surface area is 118 Å². The Hall–Kier alpha value is -1.82. The van der Waals surface area contributed by atoms with Gasteiger partial charge in [-0.25, -0.2) is 4.79 Å². The molecular formula is C13H14BrN3O2. The molecule has 6 heteroatoms. The van der Waals surface area contributed by atoms with Gasteiger partial charge in [0.2, 0.25) is 0 Å². The predicted molar refractivity (Wildman–Crippen MR) is 78.7 cm³/mol. The highest BCUT2D eigenvalue weighted by molar-refractivity contribution is 9.10. The number of benzene rings is 1. The van der Waals surface area contributed by atoms with Crippen LogP contribution in [0, 0.1) is 6.92 Å². The molecule has 0 aliphatic carbocycles. The van der Waals surface area contributed by atoms with Gasteiger partial charge < -0.3 is 5.32 Å².